The quantitative estimate of drug-likeness (QED) is 0.113. The fourth-order valence-electron chi connectivity index (χ4n) is 14.8. The maximum atomic E-state index is 6.63. The van der Waals surface area contributed by atoms with E-state index in [0.717, 1.165) is 139 Å². The fourth-order valence-corrected chi connectivity index (χ4v) is 14.8. The molecule has 0 amide bonds. The second-order valence-electron chi connectivity index (χ2n) is 26.0. The van der Waals surface area contributed by atoms with Crippen molar-refractivity contribution in [1.82, 2.24) is 9.97 Å². The minimum atomic E-state index is 0.542. The highest BCUT2D eigenvalue weighted by molar-refractivity contribution is 6.12. The van der Waals surface area contributed by atoms with E-state index in [1.54, 1.807) is 0 Å². The molecule has 0 unspecified atom stereocenters. The molecule has 0 radical (unpaired) electrons. The Balaban J connectivity index is 0.593. The Hall–Kier alpha value is -13.8. The summed E-state index contributed by atoms with van der Waals surface area (Å²) in [6.45, 7) is 0. The number of furan rings is 2. The van der Waals surface area contributed by atoms with Gasteiger partial charge in [-0.3, -0.25) is 0 Å². The predicted octanol–water partition coefficient (Wildman–Crippen LogP) is 26.7. The second kappa shape index (κ2) is 24.0. The minimum absolute atomic E-state index is 0.542. The van der Waals surface area contributed by atoms with Crippen LogP contribution < -0.4 is 9.80 Å². The van der Waals surface area contributed by atoms with Gasteiger partial charge in [-0.15, -0.1) is 0 Å². The molecule has 20 rings (SSSR count). The lowest BCUT2D eigenvalue weighted by molar-refractivity contribution is 0.619. The summed E-state index contributed by atoms with van der Waals surface area (Å²) >= 11 is 0. The summed E-state index contributed by atoms with van der Waals surface area (Å²) in [7, 11) is 0. The van der Waals surface area contributed by atoms with Crippen molar-refractivity contribution in [3.05, 3.63) is 352 Å². The largest absolute Gasteiger partial charge is 0.456 e. The number of hydrogen-bond donors (Lipinski definition) is 0. The first-order valence-electron chi connectivity index (χ1n) is 34.3. The molecule has 4 aromatic heterocycles. The molecule has 0 fully saturated rings. The first-order chi connectivity index (χ1) is 50.5. The molecule has 16 aromatic carbocycles. The van der Waals surface area contributed by atoms with E-state index in [1.165, 1.54) is 38.2 Å². The zero-order valence-electron chi connectivity index (χ0n) is 54.9. The van der Waals surface area contributed by atoms with E-state index in [0.29, 0.717) is 22.9 Å². The summed E-state index contributed by atoms with van der Waals surface area (Å²) in [5.74, 6) is 1.12. The molecule has 0 aliphatic heterocycles. The first kappa shape index (κ1) is 58.3. The van der Waals surface area contributed by atoms with Crippen LogP contribution in [0.1, 0.15) is 0 Å². The van der Waals surface area contributed by atoms with Crippen LogP contribution in [0.25, 0.3) is 166 Å². The molecule has 0 aliphatic rings. The molecular weight excluding hydrogens is 1250 g/mol. The Labute approximate surface area is 586 Å². The highest BCUT2D eigenvalue weighted by atomic mass is 16.4. The van der Waals surface area contributed by atoms with Gasteiger partial charge in [0.1, 0.15) is 33.4 Å². The second-order valence-corrected chi connectivity index (χ2v) is 26.0. The third kappa shape index (κ3) is 10.3. The number of nitrogens with zero attached hydrogens (tertiary/aromatic N) is 4. The van der Waals surface area contributed by atoms with Gasteiger partial charge >= 0.3 is 0 Å². The van der Waals surface area contributed by atoms with E-state index in [2.05, 4.69) is 319 Å². The van der Waals surface area contributed by atoms with E-state index in [4.69, 9.17) is 27.6 Å². The van der Waals surface area contributed by atoms with Gasteiger partial charge in [0.15, 0.2) is 11.2 Å². The molecule has 0 saturated carbocycles. The Morgan fingerprint density at radius 1 is 0.186 bits per heavy atom. The fraction of sp³-hybridized carbons (Fsp3) is 0. The van der Waals surface area contributed by atoms with Crippen LogP contribution in [-0.2, 0) is 0 Å². The molecule has 8 heteroatoms. The van der Waals surface area contributed by atoms with E-state index >= 15 is 0 Å². The summed E-state index contributed by atoms with van der Waals surface area (Å²) in [6.07, 6.45) is 0. The van der Waals surface area contributed by atoms with E-state index in [-0.39, 0.29) is 0 Å². The normalized spacial score (nSPS) is 11.7. The third-order valence-corrected chi connectivity index (χ3v) is 19.9. The van der Waals surface area contributed by atoms with Gasteiger partial charge in [-0.25, -0.2) is 9.97 Å². The highest BCUT2D eigenvalue weighted by Crippen LogP contribution is 2.45. The number of rotatable bonds is 13. The lowest BCUT2D eigenvalue weighted by Crippen LogP contribution is -2.10. The van der Waals surface area contributed by atoms with Crippen LogP contribution in [0.2, 0.25) is 0 Å². The van der Waals surface area contributed by atoms with Crippen LogP contribution >= 0.6 is 0 Å². The molecular formula is C94H58N4O4. The van der Waals surface area contributed by atoms with Crippen molar-refractivity contribution in [1.29, 1.82) is 0 Å². The summed E-state index contributed by atoms with van der Waals surface area (Å²) < 4.78 is 26.2. The molecule has 478 valence electrons. The van der Waals surface area contributed by atoms with Crippen LogP contribution in [0.4, 0.5) is 34.1 Å². The lowest BCUT2D eigenvalue weighted by atomic mass is 9.97. The van der Waals surface area contributed by atoms with Crippen molar-refractivity contribution in [2.75, 3.05) is 9.80 Å². The number of oxazole rings is 2. The summed E-state index contributed by atoms with van der Waals surface area (Å²) in [6, 6.07) is 124. The van der Waals surface area contributed by atoms with Gasteiger partial charge in [0, 0.05) is 78.9 Å². The predicted molar refractivity (Wildman–Crippen MR) is 419 cm³/mol. The van der Waals surface area contributed by atoms with Crippen molar-refractivity contribution in [2.45, 2.75) is 0 Å². The molecule has 102 heavy (non-hydrogen) atoms. The zero-order valence-corrected chi connectivity index (χ0v) is 54.9. The molecule has 8 nitrogen and oxygen atoms in total. The van der Waals surface area contributed by atoms with Crippen LogP contribution in [0.3, 0.4) is 0 Å². The zero-order chi connectivity index (χ0) is 67.2. The average molecular weight is 1310 g/mol. The highest BCUT2D eigenvalue weighted by Gasteiger charge is 2.22. The standard InChI is InChI=1S/C94H58N4O4/c1-3-14-59(15-4-1)62-36-42-71(43-37-62)97(72-44-38-66(39-45-72)79-26-12-20-64-16-7-9-24-77(64)79)75-48-50-87-81(53-75)83-56-92-86(58-90(83)99-87)96-94(102-92)69-34-32-61(33-35-69)60-28-30-63(31-29-60)70-22-11-23-74(52-70)98(73-46-40-67(41-47-73)80-27-13-21-65-17-8-10-25-78(65)80)76-49-51-88-82(54-76)84-55-91-85(57-89(84)100-88)95-93(101-91)68-18-5-2-6-19-68/h1-58H. The van der Waals surface area contributed by atoms with Crippen LogP contribution in [0.15, 0.2) is 370 Å². The lowest BCUT2D eigenvalue weighted by Gasteiger charge is -2.26. The van der Waals surface area contributed by atoms with Gasteiger partial charge in [0.2, 0.25) is 11.8 Å². The maximum absolute atomic E-state index is 6.63. The van der Waals surface area contributed by atoms with E-state index in [9.17, 15) is 0 Å². The van der Waals surface area contributed by atoms with Gasteiger partial charge < -0.3 is 27.5 Å². The van der Waals surface area contributed by atoms with Crippen LogP contribution in [0.5, 0.6) is 0 Å². The number of hydrogen-bond acceptors (Lipinski definition) is 8. The summed E-state index contributed by atoms with van der Waals surface area (Å²) in [5.41, 5.74) is 25.2. The van der Waals surface area contributed by atoms with E-state index in [1.807, 2.05) is 42.5 Å². The van der Waals surface area contributed by atoms with Gasteiger partial charge in [-0.2, -0.15) is 0 Å². The van der Waals surface area contributed by atoms with Crippen molar-refractivity contribution in [2.24, 2.45) is 0 Å². The Morgan fingerprint density at radius 3 is 1.01 bits per heavy atom. The Kier molecular flexibility index (Phi) is 13.7. The number of benzene rings is 16. The van der Waals surface area contributed by atoms with Crippen molar-refractivity contribution in [3.8, 4) is 78.5 Å². The van der Waals surface area contributed by atoms with Gasteiger partial charge in [0.05, 0.1) is 0 Å². The third-order valence-electron chi connectivity index (χ3n) is 19.9. The number of aromatic nitrogens is 2. The minimum Gasteiger partial charge on any atom is -0.456 e. The smallest absolute Gasteiger partial charge is 0.227 e. The molecule has 4 heterocycles. The van der Waals surface area contributed by atoms with Crippen molar-refractivity contribution in [3.63, 3.8) is 0 Å². The topological polar surface area (TPSA) is 84.8 Å². The molecule has 20 aromatic rings. The molecule has 0 N–H and O–H groups in total. The average Bonchev–Trinajstić information content (AvgIpc) is 1.45. The number of fused-ring (bicyclic) bond motifs is 10. The molecule has 0 saturated heterocycles. The van der Waals surface area contributed by atoms with E-state index < -0.39 is 0 Å². The SMILES string of the molecule is c1ccc(-c2ccc(N(c3ccc(-c4cccc5ccccc45)cc3)c3ccc4oc5cc6nc(-c7ccc(-c8ccc(-c9cccc(N(c%10ccc(-c%11cccc%12ccccc%11%12)cc%10)c%10ccc%11oc%12cc%13nc(-c%14ccccc%14)oc%13cc%12c%11c%10)c9)cc8)cc7)oc6cc5c4c3)cc2)cc1. The monoisotopic (exact) mass is 1310 g/mol. The van der Waals surface area contributed by atoms with Gasteiger partial charge in [-0.05, 0) is 199 Å². The first-order valence-corrected chi connectivity index (χ1v) is 34.3. The molecule has 0 bridgehead atoms. The van der Waals surface area contributed by atoms with Crippen molar-refractivity contribution >= 4 is 122 Å². The van der Waals surface area contributed by atoms with Gasteiger partial charge in [0.25, 0.3) is 0 Å². The van der Waals surface area contributed by atoms with Crippen LogP contribution in [-0.4, -0.2) is 9.97 Å². The van der Waals surface area contributed by atoms with Gasteiger partial charge in [-0.1, -0.05) is 218 Å². The van der Waals surface area contributed by atoms with Crippen molar-refractivity contribution < 1.29 is 17.7 Å². The Bertz CT molecular complexity index is 6580. The molecule has 0 spiro atoms. The summed E-state index contributed by atoms with van der Waals surface area (Å²) in [5, 5.41) is 8.75. The summed E-state index contributed by atoms with van der Waals surface area (Å²) in [4.78, 5) is 14.5. The maximum Gasteiger partial charge on any atom is 0.227 e. The Morgan fingerprint density at radius 2 is 0.520 bits per heavy atom. The molecule has 0 aliphatic carbocycles. The molecule has 0 atom stereocenters. The van der Waals surface area contributed by atoms with Crippen LogP contribution in [0, 0.1) is 0 Å². The number of anilines is 6.